The number of carboxylic acids is 1. The predicted octanol–water partition coefficient (Wildman–Crippen LogP) is 3.06. The minimum atomic E-state index is -1.01. The lowest BCUT2D eigenvalue weighted by Crippen LogP contribution is -2.43. The summed E-state index contributed by atoms with van der Waals surface area (Å²) in [5.41, 5.74) is 0.767. The maximum atomic E-state index is 12.1. The van der Waals surface area contributed by atoms with Crippen LogP contribution in [-0.2, 0) is 9.59 Å². The summed E-state index contributed by atoms with van der Waals surface area (Å²) in [6.45, 7) is 5.57. The SMILES string of the molecule is CC(C)CC(NC(=O)C(C)c1cccc(Cl)c1)C(=O)O. The number of nitrogens with one attached hydrogen (secondary N) is 1. The van der Waals surface area contributed by atoms with Gasteiger partial charge < -0.3 is 10.4 Å². The first-order chi connectivity index (χ1) is 9.31. The Balaban J connectivity index is 2.76. The van der Waals surface area contributed by atoms with Crippen molar-refractivity contribution in [2.24, 2.45) is 5.92 Å². The fraction of sp³-hybridized carbons (Fsp3) is 0.467. The molecule has 1 aromatic carbocycles. The van der Waals surface area contributed by atoms with Crippen LogP contribution in [0.5, 0.6) is 0 Å². The number of carbonyl (C=O) groups is 2. The second kappa shape index (κ2) is 7.29. The molecule has 1 aromatic rings. The lowest BCUT2D eigenvalue weighted by molar-refractivity contribution is -0.142. The number of carboxylic acid groups (broad SMARTS) is 1. The molecule has 2 unspecified atom stereocenters. The molecule has 1 rings (SSSR count). The van der Waals surface area contributed by atoms with Gasteiger partial charge in [0.05, 0.1) is 5.92 Å². The van der Waals surface area contributed by atoms with Crippen molar-refractivity contribution in [1.82, 2.24) is 5.32 Å². The molecule has 0 saturated carbocycles. The number of benzene rings is 1. The second-order valence-electron chi connectivity index (χ2n) is 5.31. The van der Waals surface area contributed by atoms with E-state index >= 15 is 0 Å². The molecular formula is C15H20ClNO3. The molecule has 0 spiro atoms. The van der Waals surface area contributed by atoms with Crippen LogP contribution < -0.4 is 5.32 Å². The van der Waals surface area contributed by atoms with Crippen LogP contribution >= 0.6 is 11.6 Å². The highest BCUT2D eigenvalue weighted by atomic mass is 35.5. The van der Waals surface area contributed by atoms with E-state index in [1.807, 2.05) is 13.8 Å². The zero-order chi connectivity index (χ0) is 15.3. The molecule has 4 nitrogen and oxygen atoms in total. The van der Waals surface area contributed by atoms with Crippen molar-refractivity contribution >= 4 is 23.5 Å². The summed E-state index contributed by atoms with van der Waals surface area (Å²) in [4.78, 5) is 23.3. The molecule has 0 heterocycles. The minimum Gasteiger partial charge on any atom is -0.480 e. The molecular weight excluding hydrogens is 278 g/mol. The van der Waals surface area contributed by atoms with E-state index in [4.69, 9.17) is 16.7 Å². The Morgan fingerprint density at radius 2 is 1.95 bits per heavy atom. The van der Waals surface area contributed by atoms with Gasteiger partial charge in [0.25, 0.3) is 0 Å². The largest absolute Gasteiger partial charge is 0.480 e. The third-order valence-electron chi connectivity index (χ3n) is 3.06. The lowest BCUT2D eigenvalue weighted by atomic mass is 9.98. The number of carbonyl (C=O) groups excluding carboxylic acids is 1. The summed E-state index contributed by atoms with van der Waals surface area (Å²) in [7, 11) is 0. The molecule has 110 valence electrons. The Hall–Kier alpha value is -1.55. The van der Waals surface area contributed by atoms with Crippen LogP contribution in [0.3, 0.4) is 0 Å². The summed E-state index contributed by atoms with van der Waals surface area (Å²) in [5, 5.41) is 12.3. The first-order valence-electron chi connectivity index (χ1n) is 6.60. The molecule has 20 heavy (non-hydrogen) atoms. The van der Waals surface area contributed by atoms with E-state index in [0.717, 1.165) is 5.56 Å². The van der Waals surface area contributed by atoms with E-state index in [2.05, 4.69) is 5.32 Å². The number of halogens is 1. The van der Waals surface area contributed by atoms with Gasteiger partial charge in [-0.25, -0.2) is 4.79 Å². The first-order valence-corrected chi connectivity index (χ1v) is 6.97. The fourth-order valence-corrected chi connectivity index (χ4v) is 2.12. The molecule has 1 amide bonds. The summed E-state index contributed by atoms with van der Waals surface area (Å²) >= 11 is 5.89. The highest BCUT2D eigenvalue weighted by Crippen LogP contribution is 2.20. The average molecular weight is 298 g/mol. The monoisotopic (exact) mass is 297 g/mol. The van der Waals surface area contributed by atoms with E-state index < -0.39 is 17.9 Å². The third-order valence-corrected chi connectivity index (χ3v) is 3.30. The summed E-state index contributed by atoms with van der Waals surface area (Å²) < 4.78 is 0. The minimum absolute atomic E-state index is 0.192. The molecule has 0 radical (unpaired) electrons. The maximum absolute atomic E-state index is 12.1. The average Bonchev–Trinajstić information content (AvgIpc) is 2.36. The Labute approximate surface area is 124 Å². The van der Waals surface area contributed by atoms with Gasteiger partial charge in [-0.1, -0.05) is 37.6 Å². The van der Waals surface area contributed by atoms with Gasteiger partial charge >= 0.3 is 5.97 Å². The topological polar surface area (TPSA) is 66.4 Å². The van der Waals surface area contributed by atoms with Crippen LogP contribution in [0.25, 0.3) is 0 Å². The van der Waals surface area contributed by atoms with Crippen molar-refractivity contribution in [3.8, 4) is 0 Å². The van der Waals surface area contributed by atoms with E-state index in [1.165, 1.54) is 0 Å². The van der Waals surface area contributed by atoms with Gasteiger partial charge in [0.15, 0.2) is 0 Å². The highest BCUT2D eigenvalue weighted by Gasteiger charge is 2.24. The summed E-state index contributed by atoms with van der Waals surface area (Å²) in [6, 6.07) is 6.15. The van der Waals surface area contributed by atoms with Crippen LogP contribution in [0.15, 0.2) is 24.3 Å². The molecule has 2 N–H and O–H groups in total. The maximum Gasteiger partial charge on any atom is 0.326 e. The smallest absolute Gasteiger partial charge is 0.326 e. The van der Waals surface area contributed by atoms with Crippen molar-refractivity contribution in [2.45, 2.75) is 39.2 Å². The standard InChI is InChI=1S/C15H20ClNO3/c1-9(2)7-13(15(19)20)17-14(18)10(3)11-5-4-6-12(16)8-11/h4-6,8-10,13H,7H2,1-3H3,(H,17,18)(H,19,20). The summed E-state index contributed by atoms with van der Waals surface area (Å²) in [5.74, 6) is -1.56. The molecule has 0 aliphatic carbocycles. The van der Waals surface area contributed by atoms with Gasteiger partial charge in [-0.05, 0) is 37.0 Å². The Morgan fingerprint density at radius 3 is 2.45 bits per heavy atom. The van der Waals surface area contributed by atoms with E-state index in [0.29, 0.717) is 11.4 Å². The molecule has 0 aliphatic rings. The van der Waals surface area contributed by atoms with E-state index in [9.17, 15) is 9.59 Å². The Kier molecular flexibility index (Phi) is 6.02. The first kappa shape index (κ1) is 16.5. The van der Waals surface area contributed by atoms with E-state index in [-0.39, 0.29) is 11.8 Å². The van der Waals surface area contributed by atoms with Gasteiger partial charge in [-0.15, -0.1) is 0 Å². The van der Waals surface area contributed by atoms with Crippen LogP contribution in [0, 0.1) is 5.92 Å². The highest BCUT2D eigenvalue weighted by molar-refractivity contribution is 6.30. The lowest BCUT2D eigenvalue weighted by Gasteiger charge is -2.19. The van der Waals surface area contributed by atoms with Crippen LogP contribution in [0.2, 0.25) is 5.02 Å². The molecule has 5 heteroatoms. The normalized spacial score (nSPS) is 13.8. The van der Waals surface area contributed by atoms with Crippen molar-refractivity contribution in [2.75, 3.05) is 0 Å². The zero-order valence-corrected chi connectivity index (χ0v) is 12.6. The molecule has 0 aromatic heterocycles. The molecule has 0 bridgehead atoms. The van der Waals surface area contributed by atoms with Gasteiger partial charge in [-0.3, -0.25) is 4.79 Å². The van der Waals surface area contributed by atoms with E-state index in [1.54, 1.807) is 31.2 Å². The molecule has 0 aliphatic heterocycles. The number of hydrogen-bond donors (Lipinski definition) is 2. The molecule has 0 fully saturated rings. The Bertz CT molecular complexity index is 488. The molecule has 2 atom stereocenters. The van der Waals surface area contributed by atoms with Crippen molar-refractivity contribution in [3.63, 3.8) is 0 Å². The quantitative estimate of drug-likeness (QED) is 0.848. The molecule has 0 saturated heterocycles. The van der Waals surface area contributed by atoms with Crippen molar-refractivity contribution in [1.29, 1.82) is 0 Å². The van der Waals surface area contributed by atoms with Crippen molar-refractivity contribution in [3.05, 3.63) is 34.9 Å². The summed E-state index contributed by atoms with van der Waals surface area (Å²) in [6.07, 6.45) is 0.406. The van der Waals surface area contributed by atoms with Crippen LogP contribution in [0.1, 0.15) is 38.7 Å². The predicted molar refractivity (Wildman–Crippen MR) is 78.9 cm³/mol. The number of amides is 1. The van der Waals surface area contributed by atoms with Gasteiger partial charge in [0, 0.05) is 5.02 Å². The fourth-order valence-electron chi connectivity index (χ4n) is 1.92. The Morgan fingerprint density at radius 1 is 1.30 bits per heavy atom. The van der Waals surface area contributed by atoms with Crippen LogP contribution in [-0.4, -0.2) is 23.0 Å². The number of rotatable bonds is 6. The van der Waals surface area contributed by atoms with Crippen LogP contribution in [0.4, 0.5) is 0 Å². The number of aliphatic carboxylic acids is 1. The second-order valence-corrected chi connectivity index (χ2v) is 5.74. The van der Waals surface area contributed by atoms with Gasteiger partial charge in [-0.2, -0.15) is 0 Å². The third kappa shape index (κ3) is 4.85. The number of hydrogen-bond acceptors (Lipinski definition) is 2. The zero-order valence-electron chi connectivity index (χ0n) is 11.9. The van der Waals surface area contributed by atoms with Gasteiger partial charge in [0.2, 0.25) is 5.91 Å². The van der Waals surface area contributed by atoms with Gasteiger partial charge in [0.1, 0.15) is 6.04 Å². The van der Waals surface area contributed by atoms with Crippen molar-refractivity contribution < 1.29 is 14.7 Å².